The first-order valence-corrected chi connectivity index (χ1v) is 8.39. The Morgan fingerprint density at radius 2 is 2.00 bits per heavy atom. The van der Waals surface area contributed by atoms with Crippen LogP contribution in [0.25, 0.3) is 11.5 Å². The van der Waals surface area contributed by atoms with Crippen LogP contribution in [0.5, 0.6) is 0 Å². The van der Waals surface area contributed by atoms with Gasteiger partial charge in [-0.1, -0.05) is 17.7 Å². The van der Waals surface area contributed by atoms with Crippen LogP contribution in [-0.2, 0) is 10.3 Å². The highest BCUT2D eigenvalue weighted by molar-refractivity contribution is 6.31. The summed E-state index contributed by atoms with van der Waals surface area (Å²) in [4.78, 5) is 25.2. The summed E-state index contributed by atoms with van der Waals surface area (Å²) in [5.41, 5.74) is 0.306. The average Bonchev–Trinajstić information content (AvgIpc) is 3.13. The van der Waals surface area contributed by atoms with E-state index in [1.807, 2.05) is 13.0 Å². The maximum atomic E-state index is 12.9. The second-order valence-corrected chi connectivity index (χ2v) is 6.85. The zero-order valence-electron chi connectivity index (χ0n) is 14.6. The number of amides is 1. The van der Waals surface area contributed by atoms with Gasteiger partial charge in [0.2, 0.25) is 0 Å². The van der Waals surface area contributed by atoms with Crippen molar-refractivity contribution in [2.75, 3.05) is 5.32 Å². The van der Waals surface area contributed by atoms with Crippen LogP contribution in [0.15, 0.2) is 57.9 Å². The Bertz CT molecular complexity index is 1010. The molecule has 134 valence electrons. The molecule has 3 rings (SSSR count). The lowest BCUT2D eigenvalue weighted by molar-refractivity contribution is -0.123. The number of carbonyl (C=O) groups is 1. The van der Waals surface area contributed by atoms with E-state index in [4.69, 9.17) is 16.0 Å². The lowest BCUT2D eigenvalue weighted by Crippen LogP contribution is -2.47. The van der Waals surface area contributed by atoms with Gasteiger partial charge >= 0.3 is 0 Å². The van der Waals surface area contributed by atoms with Gasteiger partial charge in [-0.15, -0.1) is 0 Å². The van der Waals surface area contributed by atoms with Gasteiger partial charge in [0.1, 0.15) is 11.2 Å². The molecule has 2 heterocycles. The summed E-state index contributed by atoms with van der Waals surface area (Å²) in [6, 6.07) is 11.6. The number of hydrogen-bond acceptors (Lipinski definition) is 4. The predicted octanol–water partition coefficient (Wildman–Crippen LogP) is 3.84. The first kappa shape index (κ1) is 17.9. The van der Waals surface area contributed by atoms with Gasteiger partial charge in [0, 0.05) is 16.8 Å². The first-order chi connectivity index (χ1) is 12.3. The number of aryl methyl sites for hydroxylation is 1. The minimum absolute atomic E-state index is 0.380. The summed E-state index contributed by atoms with van der Waals surface area (Å²) >= 11 is 6.01. The van der Waals surface area contributed by atoms with Gasteiger partial charge in [0.05, 0.1) is 6.26 Å². The number of rotatable bonds is 4. The van der Waals surface area contributed by atoms with Gasteiger partial charge in [-0.2, -0.15) is 5.10 Å². The molecule has 0 bridgehead atoms. The summed E-state index contributed by atoms with van der Waals surface area (Å²) in [5, 5.41) is 7.65. The second kappa shape index (κ2) is 6.80. The highest BCUT2D eigenvalue weighted by Gasteiger charge is 2.32. The number of hydrogen-bond donors (Lipinski definition) is 1. The van der Waals surface area contributed by atoms with Crippen molar-refractivity contribution in [3.63, 3.8) is 0 Å². The van der Waals surface area contributed by atoms with Crippen molar-refractivity contribution >= 4 is 23.2 Å². The summed E-state index contributed by atoms with van der Waals surface area (Å²) in [5.74, 6) is 0.134. The number of benzene rings is 1. The third-order valence-electron chi connectivity index (χ3n) is 4.11. The van der Waals surface area contributed by atoms with E-state index in [1.54, 1.807) is 44.2 Å². The van der Waals surface area contributed by atoms with Crippen LogP contribution in [0.2, 0.25) is 5.02 Å². The average molecular weight is 372 g/mol. The first-order valence-electron chi connectivity index (χ1n) is 8.01. The third-order valence-corrected chi connectivity index (χ3v) is 4.34. The van der Waals surface area contributed by atoms with Gasteiger partial charge in [-0.3, -0.25) is 9.59 Å². The van der Waals surface area contributed by atoms with Crippen LogP contribution >= 0.6 is 11.6 Å². The molecular formula is C19H18ClN3O3. The quantitative estimate of drug-likeness (QED) is 0.755. The van der Waals surface area contributed by atoms with E-state index in [9.17, 15) is 9.59 Å². The number of nitrogens with zero attached hydrogens (tertiary/aromatic N) is 2. The molecule has 1 aromatic carbocycles. The number of aromatic nitrogens is 2. The SMILES string of the molecule is Cc1ccc(Cl)cc1NC(=O)C(C)(C)n1nc(-c2ccco2)ccc1=O. The predicted molar refractivity (Wildman–Crippen MR) is 100 cm³/mol. The van der Waals surface area contributed by atoms with Gasteiger partial charge < -0.3 is 9.73 Å². The van der Waals surface area contributed by atoms with Crippen LogP contribution in [0, 0.1) is 6.92 Å². The lowest BCUT2D eigenvalue weighted by atomic mass is 10.0. The van der Waals surface area contributed by atoms with Crippen molar-refractivity contribution in [1.29, 1.82) is 0 Å². The topological polar surface area (TPSA) is 77.1 Å². The Hall–Kier alpha value is -2.86. The third kappa shape index (κ3) is 3.41. The molecule has 0 saturated heterocycles. The molecule has 2 aromatic heterocycles. The molecule has 0 aliphatic rings. The van der Waals surface area contributed by atoms with Crippen molar-refractivity contribution in [2.45, 2.75) is 26.3 Å². The van der Waals surface area contributed by atoms with E-state index in [1.165, 1.54) is 12.3 Å². The Morgan fingerprint density at radius 3 is 2.69 bits per heavy atom. The smallest absolute Gasteiger partial charge is 0.267 e. The Labute approximate surface area is 155 Å². The number of furan rings is 1. The van der Waals surface area contributed by atoms with Crippen molar-refractivity contribution < 1.29 is 9.21 Å². The maximum Gasteiger partial charge on any atom is 0.267 e. The fraction of sp³-hybridized carbons (Fsp3) is 0.211. The molecule has 0 spiro atoms. The van der Waals surface area contributed by atoms with Crippen LogP contribution in [0.1, 0.15) is 19.4 Å². The number of anilines is 1. The number of carbonyl (C=O) groups excluding carboxylic acids is 1. The summed E-state index contributed by atoms with van der Waals surface area (Å²) in [6.07, 6.45) is 1.52. The molecule has 26 heavy (non-hydrogen) atoms. The molecule has 0 fully saturated rings. The molecule has 0 radical (unpaired) electrons. The van der Waals surface area contributed by atoms with Gasteiger partial charge in [0.25, 0.3) is 11.5 Å². The molecular weight excluding hydrogens is 354 g/mol. The molecule has 0 aliphatic carbocycles. The standard InChI is InChI=1S/C19H18ClN3O3/c1-12-6-7-13(20)11-15(12)21-18(25)19(2,3)23-17(24)9-8-14(22-23)16-5-4-10-26-16/h4-11H,1-3H3,(H,21,25). The molecule has 0 atom stereocenters. The van der Waals surface area contributed by atoms with Crippen molar-refractivity contribution in [1.82, 2.24) is 9.78 Å². The zero-order chi connectivity index (χ0) is 18.9. The highest BCUT2D eigenvalue weighted by atomic mass is 35.5. The fourth-order valence-corrected chi connectivity index (χ4v) is 2.64. The summed E-state index contributed by atoms with van der Waals surface area (Å²) in [7, 11) is 0. The summed E-state index contributed by atoms with van der Waals surface area (Å²) in [6.45, 7) is 5.12. The van der Waals surface area contributed by atoms with E-state index in [0.29, 0.717) is 22.2 Å². The molecule has 0 unspecified atom stereocenters. The van der Waals surface area contributed by atoms with E-state index in [-0.39, 0.29) is 11.5 Å². The van der Waals surface area contributed by atoms with E-state index in [2.05, 4.69) is 10.4 Å². The van der Waals surface area contributed by atoms with Crippen LogP contribution in [0.4, 0.5) is 5.69 Å². The fourth-order valence-electron chi connectivity index (χ4n) is 2.47. The van der Waals surface area contributed by atoms with Crippen LogP contribution in [-0.4, -0.2) is 15.7 Å². The lowest BCUT2D eigenvalue weighted by Gasteiger charge is -2.25. The van der Waals surface area contributed by atoms with E-state index < -0.39 is 5.54 Å². The number of nitrogens with one attached hydrogen (secondary N) is 1. The zero-order valence-corrected chi connectivity index (χ0v) is 15.4. The van der Waals surface area contributed by atoms with Gasteiger partial charge in [0.15, 0.2) is 5.76 Å². The molecule has 0 aliphatic heterocycles. The Kier molecular flexibility index (Phi) is 4.70. The summed E-state index contributed by atoms with van der Waals surface area (Å²) < 4.78 is 6.47. The van der Waals surface area contributed by atoms with Crippen molar-refractivity contribution in [3.8, 4) is 11.5 Å². The molecule has 3 aromatic rings. The van der Waals surface area contributed by atoms with E-state index in [0.717, 1.165) is 10.2 Å². The van der Waals surface area contributed by atoms with Crippen molar-refractivity contribution in [3.05, 3.63) is 69.7 Å². The highest BCUT2D eigenvalue weighted by Crippen LogP contribution is 2.23. The largest absolute Gasteiger partial charge is 0.463 e. The number of halogens is 1. The Morgan fingerprint density at radius 1 is 1.23 bits per heavy atom. The van der Waals surface area contributed by atoms with Crippen molar-refractivity contribution in [2.24, 2.45) is 0 Å². The van der Waals surface area contributed by atoms with Crippen LogP contribution < -0.4 is 10.9 Å². The minimum atomic E-state index is -1.23. The van der Waals surface area contributed by atoms with E-state index >= 15 is 0 Å². The normalized spacial score (nSPS) is 11.4. The van der Waals surface area contributed by atoms with Gasteiger partial charge in [-0.25, -0.2) is 4.68 Å². The molecule has 7 heteroatoms. The van der Waals surface area contributed by atoms with Crippen LogP contribution in [0.3, 0.4) is 0 Å². The maximum absolute atomic E-state index is 12.9. The molecule has 1 amide bonds. The molecule has 6 nitrogen and oxygen atoms in total. The second-order valence-electron chi connectivity index (χ2n) is 6.42. The molecule has 0 saturated carbocycles. The molecule has 1 N–H and O–H groups in total. The monoisotopic (exact) mass is 371 g/mol. The minimum Gasteiger partial charge on any atom is -0.463 e. The Balaban J connectivity index is 1.96. The van der Waals surface area contributed by atoms with Gasteiger partial charge in [-0.05, 0) is 56.7 Å².